The van der Waals surface area contributed by atoms with Crippen LogP contribution in [-0.4, -0.2) is 20.7 Å². The molecule has 0 atom stereocenters. The van der Waals surface area contributed by atoms with Crippen molar-refractivity contribution in [2.75, 3.05) is 5.32 Å². The molecule has 1 aromatic carbocycles. The number of carbonyl (C=O) groups is 1. The number of rotatable bonds is 4. The summed E-state index contributed by atoms with van der Waals surface area (Å²) in [6.45, 7) is 0. The maximum atomic E-state index is 12.1. The minimum atomic E-state index is -0.194. The van der Waals surface area contributed by atoms with Crippen molar-refractivity contribution < 1.29 is 4.79 Å². The van der Waals surface area contributed by atoms with Gasteiger partial charge >= 0.3 is 0 Å². The van der Waals surface area contributed by atoms with Gasteiger partial charge < -0.3 is 0 Å². The average molecular weight is 364 g/mol. The van der Waals surface area contributed by atoms with Crippen LogP contribution in [0.15, 0.2) is 42.0 Å². The minimum absolute atomic E-state index is 0.194. The number of amides is 1. The van der Waals surface area contributed by atoms with Crippen molar-refractivity contribution in [1.29, 1.82) is 0 Å². The highest BCUT2D eigenvalue weighted by molar-refractivity contribution is 7.14. The molecule has 132 valence electrons. The molecule has 2 heterocycles. The van der Waals surface area contributed by atoms with E-state index in [0.717, 1.165) is 23.2 Å². The fourth-order valence-electron chi connectivity index (χ4n) is 3.20. The lowest BCUT2D eigenvalue weighted by Crippen LogP contribution is -2.07. The van der Waals surface area contributed by atoms with Crippen LogP contribution in [0, 0.1) is 0 Å². The second-order valence-corrected chi connectivity index (χ2v) is 7.36. The number of benzene rings is 1. The van der Waals surface area contributed by atoms with Crippen molar-refractivity contribution in [2.24, 2.45) is 7.05 Å². The Morgan fingerprint density at radius 3 is 2.92 bits per heavy atom. The first-order valence-electron chi connectivity index (χ1n) is 8.73. The predicted octanol–water partition coefficient (Wildman–Crippen LogP) is 4.07. The van der Waals surface area contributed by atoms with Crippen LogP contribution in [-0.2, 0) is 24.7 Å². The van der Waals surface area contributed by atoms with Crippen LogP contribution in [0.3, 0.4) is 0 Å². The molecule has 0 bridgehead atoms. The second-order valence-electron chi connectivity index (χ2n) is 6.50. The van der Waals surface area contributed by atoms with E-state index < -0.39 is 0 Å². The highest BCUT2D eigenvalue weighted by Crippen LogP contribution is 2.29. The molecule has 0 unspecified atom stereocenters. The summed E-state index contributed by atoms with van der Waals surface area (Å²) in [5.41, 5.74) is 5.82. The lowest BCUT2D eigenvalue weighted by atomic mass is 9.90. The van der Waals surface area contributed by atoms with Gasteiger partial charge in [-0.05, 0) is 49.0 Å². The Hall–Kier alpha value is -2.73. The van der Waals surface area contributed by atoms with E-state index in [1.54, 1.807) is 17.0 Å². The first-order chi connectivity index (χ1) is 12.7. The van der Waals surface area contributed by atoms with Crippen LogP contribution in [0.4, 0.5) is 5.13 Å². The lowest BCUT2D eigenvalue weighted by Gasteiger charge is -2.16. The van der Waals surface area contributed by atoms with Gasteiger partial charge in [0.2, 0.25) is 5.91 Å². The second kappa shape index (κ2) is 7.25. The molecule has 1 amide bonds. The third kappa shape index (κ3) is 3.75. The van der Waals surface area contributed by atoms with Crippen molar-refractivity contribution in [2.45, 2.75) is 25.7 Å². The zero-order valence-corrected chi connectivity index (χ0v) is 15.4. The van der Waals surface area contributed by atoms with Crippen LogP contribution >= 0.6 is 11.3 Å². The van der Waals surface area contributed by atoms with Gasteiger partial charge in [-0.25, -0.2) is 4.98 Å². The van der Waals surface area contributed by atoms with Gasteiger partial charge in [0, 0.05) is 35.8 Å². The summed E-state index contributed by atoms with van der Waals surface area (Å²) >= 11 is 1.44. The van der Waals surface area contributed by atoms with E-state index in [-0.39, 0.29) is 5.91 Å². The van der Waals surface area contributed by atoms with Crippen molar-refractivity contribution in [3.8, 4) is 11.3 Å². The third-order valence-electron chi connectivity index (χ3n) is 4.53. The smallest absolute Gasteiger partial charge is 0.250 e. The van der Waals surface area contributed by atoms with Gasteiger partial charge in [-0.1, -0.05) is 12.1 Å². The Bertz CT molecular complexity index is 970. The Morgan fingerprint density at radius 1 is 1.27 bits per heavy atom. The molecule has 0 aliphatic heterocycles. The Labute approximate surface area is 156 Å². The number of fused-ring (bicyclic) bond motifs is 1. The van der Waals surface area contributed by atoms with E-state index in [4.69, 9.17) is 0 Å². The molecule has 0 radical (unpaired) electrons. The number of aromatic nitrogens is 3. The van der Waals surface area contributed by atoms with E-state index in [0.29, 0.717) is 5.13 Å². The van der Waals surface area contributed by atoms with E-state index in [1.165, 1.54) is 47.8 Å². The molecule has 26 heavy (non-hydrogen) atoms. The summed E-state index contributed by atoms with van der Waals surface area (Å²) in [5, 5.41) is 9.50. The van der Waals surface area contributed by atoms with Gasteiger partial charge in [-0.2, -0.15) is 5.10 Å². The highest BCUT2D eigenvalue weighted by Gasteiger charge is 2.12. The Kier molecular flexibility index (Phi) is 4.67. The van der Waals surface area contributed by atoms with E-state index in [1.807, 2.05) is 18.6 Å². The summed E-state index contributed by atoms with van der Waals surface area (Å²) in [4.78, 5) is 16.6. The molecule has 2 aromatic heterocycles. The number of hydrogen-bond donors (Lipinski definition) is 1. The SMILES string of the molecule is Cn1cc(/C=C/C(=O)Nc2nc(-c3ccc4c(c3)CCCC4)cs2)cn1. The number of carbonyl (C=O) groups excluding carboxylic acids is 1. The Balaban J connectivity index is 1.44. The minimum Gasteiger partial charge on any atom is -0.298 e. The van der Waals surface area contributed by atoms with Crippen LogP contribution in [0.2, 0.25) is 0 Å². The van der Waals surface area contributed by atoms with Crippen LogP contribution in [0.25, 0.3) is 17.3 Å². The summed E-state index contributed by atoms with van der Waals surface area (Å²) < 4.78 is 1.70. The van der Waals surface area contributed by atoms with Gasteiger partial charge in [0.05, 0.1) is 11.9 Å². The number of anilines is 1. The van der Waals surface area contributed by atoms with Crippen LogP contribution in [0.1, 0.15) is 29.5 Å². The normalized spacial score (nSPS) is 13.7. The summed E-state index contributed by atoms with van der Waals surface area (Å²) in [5.74, 6) is -0.194. The molecule has 0 spiro atoms. The number of thiazole rings is 1. The summed E-state index contributed by atoms with van der Waals surface area (Å²) in [7, 11) is 1.84. The van der Waals surface area contributed by atoms with Crippen molar-refractivity contribution >= 4 is 28.5 Å². The maximum Gasteiger partial charge on any atom is 0.250 e. The molecular formula is C20H20N4OS. The first-order valence-corrected chi connectivity index (χ1v) is 9.61. The number of aryl methyl sites for hydroxylation is 3. The zero-order valence-electron chi connectivity index (χ0n) is 14.6. The first kappa shape index (κ1) is 16.7. The van der Waals surface area contributed by atoms with Gasteiger partial charge in [0.25, 0.3) is 0 Å². The quantitative estimate of drug-likeness (QED) is 0.710. The van der Waals surface area contributed by atoms with Crippen molar-refractivity contribution in [1.82, 2.24) is 14.8 Å². The standard InChI is InChI=1S/C20H20N4OS/c1-24-12-14(11-21-24)6-9-19(25)23-20-22-18(13-26-20)17-8-7-15-4-2-3-5-16(15)10-17/h6-13H,2-5H2,1H3,(H,22,23,25)/b9-6+. The maximum absolute atomic E-state index is 12.1. The Morgan fingerprint density at radius 2 is 2.12 bits per heavy atom. The summed E-state index contributed by atoms with van der Waals surface area (Å²) in [6, 6.07) is 6.60. The number of nitrogens with zero attached hydrogens (tertiary/aromatic N) is 3. The molecule has 1 N–H and O–H groups in total. The lowest BCUT2D eigenvalue weighted by molar-refractivity contribution is -0.111. The topological polar surface area (TPSA) is 59.8 Å². The molecule has 3 aromatic rings. The van der Waals surface area contributed by atoms with E-state index in [2.05, 4.69) is 33.6 Å². The number of hydrogen-bond acceptors (Lipinski definition) is 4. The summed E-state index contributed by atoms with van der Waals surface area (Å²) in [6.07, 6.45) is 11.7. The van der Waals surface area contributed by atoms with Crippen LogP contribution < -0.4 is 5.32 Å². The third-order valence-corrected chi connectivity index (χ3v) is 5.29. The fourth-order valence-corrected chi connectivity index (χ4v) is 3.92. The van der Waals surface area contributed by atoms with Gasteiger partial charge in [0.15, 0.2) is 5.13 Å². The average Bonchev–Trinajstić information content (AvgIpc) is 3.28. The molecule has 5 nitrogen and oxygen atoms in total. The highest BCUT2D eigenvalue weighted by atomic mass is 32.1. The van der Waals surface area contributed by atoms with Gasteiger partial charge in [0.1, 0.15) is 0 Å². The molecule has 1 aliphatic rings. The molecule has 1 aliphatic carbocycles. The van der Waals surface area contributed by atoms with Crippen LogP contribution in [0.5, 0.6) is 0 Å². The molecule has 4 rings (SSSR count). The zero-order chi connectivity index (χ0) is 17.9. The van der Waals surface area contributed by atoms with Crippen molar-refractivity contribution in [3.63, 3.8) is 0 Å². The predicted molar refractivity (Wildman–Crippen MR) is 105 cm³/mol. The molecule has 6 heteroatoms. The molecular weight excluding hydrogens is 344 g/mol. The molecule has 0 saturated carbocycles. The molecule has 0 saturated heterocycles. The largest absolute Gasteiger partial charge is 0.298 e. The molecule has 0 fully saturated rings. The van der Waals surface area contributed by atoms with Crippen molar-refractivity contribution in [3.05, 3.63) is 58.7 Å². The fraction of sp³-hybridized carbons (Fsp3) is 0.250. The van der Waals surface area contributed by atoms with E-state index in [9.17, 15) is 4.79 Å². The van der Waals surface area contributed by atoms with Gasteiger partial charge in [-0.3, -0.25) is 14.8 Å². The van der Waals surface area contributed by atoms with Gasteiger partial charge in [-0.15, -0.1) is 11.3 Å². The monoisotopic (exact) mass is 364 g/mol. The number of nitrogens with one attached hydrogen (secondary N) is 1. The van der Waals surface area contributed by atoms with E-state index >= 15 is 0 Å².